The van der Waals surface area contributed by atoms with Crippen LogP contribution in [0.25, 0.3) is 0 Å². The first kappa shape index (κ1) is 66.7. The normalized spacial score (nSPS) is 14.1. The number of hydrogen-bond acceptors (Lipinski definition) is 10. The fraction of sp³-hybridized carbons (Fsp3) is 0.707. The molecule has 0 aromatic carbocycles. The summed E-state index contributed by atoms with van der Waals surface area (Å²) < 4.78 is 39.4. The van der Waals surface area contributed by atoms with Crippen LogP contribution >= 0.6 is 7.82 Å². The number of phosphoric acid groups is 1. The average Bonchev–Trinajstić information content (AvgIpc) is 3.35. The molecular weight excluding hydrogens is 904 g/mol. The van der Waals surface area contributed by atoms with E-state index in [-0.39, 0.29) is 25.9 Å². The van der Waals surface area contributed by atoms with Crippen molar-refractivity contribution in [2.75, 3.05) is 26.4 Å². The molecule has 0 aromatic heterocycles. The summed E-state index contributed by atoms with van der Waals surface area (Å²) in [6, 6.07) is 0. The number of carbonyl (C=O) groups excluding carboxylic acids is 3. The molecular formula is C58H99O11P. The Hall–Kier alpha value is -3.34. The average molecular weight is 1000 g/mol. The summed E-state index contributed by atoms with van der Waals surface area (Å²) in [5.74, 6) is -1.53. The zero-order chi connectivity index (χ0) is 51.3. The van der Waals surface area contributed by atoms with Gasteiger partial charge in [0.05, 0.1) is 19.8 Å². The van der Waals surface area contributed by atoms with E-state index in [0.717, 1.165) is 116 Å². The summed E-state index contributed by atoms with van der Waals surface area (Å²) in [7, 11) is -4.76. The highest BCUT2D eigenvalue weighted by Gasteiger charge is 2.28. The summed E-state index contributed by atoms with van der Waals surface area (Å²) in [6.45, 7) is 4.39. The molecule has 3 unspecified atom stereocenters. The van der Waals surface area contributed by atoms with Crippen LogP contribution in [-0.2, 0) is 42.2 Å². The highest BCUT2D eigenvalue weighted by molar-refractivity contribution is 7.47. The van der Waals surface area contributed by atoms with Gasteiger partial charge in [-0.15, -0.1) is 0 Å². The van der Waals surface area contributed by atoms with Crippen LogP contribution in [0.1, 0.15) is 226 Å². The molecule has 0 amide bonds. The summed E-state index contributed by atoms with van der Waals surface area (Å²) in [5, 5.41) is 9.79. The molecule has 0 saturated heterocycles. The first-order chi connectivity index (χ1) is 34.2. The fourth-order valence-corrected chi connectivity index (χ4v) is 7.85. The second kappa shape index (κ2) is 52.0. The van der Waals surface area contributed by atoms with E-state index in [4.69, 9.17) is 23.3 Å². The van der Waals surface area contributed by atoms with Crippen molar-refractivity contribution in [2.45, 2.75) is 238 Å². The standard InChI is InChI=1S/C58H99O11P/c1-4-7-10-13-16-19-22-24-26-27-29-31-34-37-40-43-46-49-58(62)69-55(51-65-56(60)47-44-41-38-35-32-21-18-15-12-9-6-3)53-67-70(63,64)66-52-54(50-59)68-57(61)48-45-42-39-36-33-30-28-25-23-20-17-14-11-8-5-2/h8,11,15-20,24-26,28,33,36,54-55,59H,4-7,9-10,12-14,21-23,27,29-32,34-35,37-53H2,1-3H3,(H,63,64)/b11-8-,18-15-,19-16-,20-17-,26-24-,28-25-,36-33-. The molecule has 11 nitrogen and oxygen atoms in total. The summed E-state index contributed by atoms with van der Waals surface area (Å²) >= 11 is 0. The number of phosphoric ester groups is 1. The van der Waals surface area contributed by atoms with Gasteiger partial charge >= 0.3 is 25.7 Å². The van der Waals surface area contributed by atoms with Gasteiger partial charge in [-0.25, -0.2) is 4.57 Å². The first-order valence-electron chi connectivity index (χ1n) is 27.5. The number of ether oxygens (including phenoxy) is 3. The van der Waals surface area contributed by atoms with Gasteiger partial charge in [-0.1, -0.05) is 183 Å². The minimum Gasteiger partial charge on any atom is -0.462 e. The minimum absolute atomic E-state index is 0.121. The number of aliphatic hydroxyl groups is 1. The maximum atomic E-state index is 12.9. The molecule has 2 N–H and O–H groups in total. The van der Waals surface area contributed by atoms with Crippen molar-refractivity contribution >= 4 is 25.7 Å². The molecule has 0 heterocycles. The Balaban J connectivity index is 4.77. The zero-order valence-electron chi connectivity index (χ0n) is 44.2. The van der Waals surface area contributed by atoms with Gasteiger partial charge in [-0.05, 0) is 109 Å². The zero-order valence-corrected chi connectivity index (χ0v) is 45.1. The number of hydrogen-bond donors (Lipinski definition) is 2. The van der Waals surface area contributed by atoms with Crippen LogP contribution in [-0.4, -0.2) is 66.5 Å². The van der Waals surface area contributed by atoms with Gasteiger partial charge in [0, 0.05) is 19.3 Å². The molecule has 0 aliphatic rings. The quantitative estimate of drug-likeness (QED) is 0.0197. The van der Waals surface area contributed by atoms with Gasteiger partial charge in [-0.2, -0.15) is 0 Å². The lowest BCUT2D eigenvalue weighted by Gasteiger charge is -2.21. The van der Waals surface area contributed by atoms with E-state index in [0.29, 0.717) is 19.3 Å². The van der Waals surface area contributed by atoms with Crippen molar-refractivity contribution in [3.05, 3.63) is 85.1 Å². The Kier molecular flexibility index (Phi) is 49.5. The van der Waals surface area contributed by atoms with E-state index < -0.39 is 57.8 Å². The predicted octanol–water partition coefficient (Wildman–Crippen LogP) is 15.9. The van der Waals surface area contributed by atoms with Gasteiger partial charge in [-0.3, -0.25) is 23.4 Å². The van der Waals surface area contributed by atoms with Gasteiger partial charge in [0.1, 0.15) is 12.7 Å². The van der Waals surface area contributed by atoms with Crippen molar-refractivity contribution in [1.82, 2.24) is 0 Å². The number of carbonyl (C=O) groups is 3. The lowest BCUT2D eigenvalue weighted by Crippen LogP contribution is -2.30. The predicted molar refractivity (Wildman–Crippen MR) is 288 cm³/mol. The molecule has 0 aromatic rings. The van der Waals surface area contributed by atoms with Crippen molar-refractivity contribution in [3.63, 3.8) is 0 Å². The SMILES string of the molecule is CC/C=C\C/C=C\C/C=C\C/C=C\CCCCC(=O)OC(CO)COP(=O)(O)OCC(COC(=O)CCCCCCC/C=C\CCCC)OC(=O)CCCCCCCCC/C=C\C/C=C\CCCCC. The largest absolute Gasteiger partial charge is 0.472 e. The monoisotopic (exact) mass is 1000 g/mol. The Morgan fingerprint density at radius 3 is 1.23 bits per heavy atom. The Morgan fingerprint density at radius 2 is 0.757 bits per heavy atom. The van der Waals surface area contributed by atoms with E-state index in [2.05, 4.69) is 106 Å². The highest BCUT2D eigenvalue weighted by atomic mass is 31.2. The molecule has 70 heavy (non-hydrogen) atoms. The molecule has 0 rings (SSSR count). The van der Waals surface area contributed by atoms with Gasteiger partial charge in [0.15, 0.2) is 6.10 Å². The van der Waals surface area contributed by atoms with Crippen molar-refractivity contribution in [2.24, 2.45) is 0 Å². The Morgan fingerprint density at radius 1 is 0.414 bits per heavy atom. The molecule has 0 spiro atoms. The lowest BCUT2D eigenvalue weighted by molar-refractivity contribution is -0.161. The maximum absolute atomic E-state index is 12.9. The summed E-state index contributed by atoms with van der Waals surface area (Å²) in [4.78, 5) is 48.4. The summed E-state index contributed by atoms with van der Waals surface area (Å²) in [5.41, 5.74) is 0. The minimum atomic E-state index is -4.76. The van der Waals surface area contributed by atoms with Crippen LogP contribution in [0.4, 0.5) is 0 Å². The lowest BCUT2D eigenvalue weighted by atomic mass is 10.1. The molecule has 12 heteroatoms. The number of allylic oxidation sites excluding steroid dienone is 14. The fourth-order valence-electron chi connectivity index (χ4n) is 7.06. The van der Waals surface area contributed by atoms with Crippen LogP contribution in [0.5, 0.6) is 0 Å². The van der Waals surface area contributed by atoms with E-state index in [1.165, 1.54) is 51.4 Å². The number of aliphatic hydroxyl groups excluding tert-OH is 1. The smallest absolute Gasteiger partial charge is 0.462 e. The first-order valence-corrected chi connectivity index (χ1v) is 29.0. The maximum Gasteiger partial charge on any atom is 0.472 e. The number of rotatable bonds is 50. The number of esters is 3. The van der Waals surface area contributed by atoms with Gasteiger partial charge in [0.2, 0.25) is 0 Å². The molecule has 0 radical (unpaired) electrons. The molecule has 3 atom stereocenters. The molecule has 0 aliphatic heterocycles. The van der Waals surface area contributed by atoms with Crippen molar-refractivity contribution in [3.8, 4) is 0 Å². The van der Waals surface area contributed by atoms with Crippen LogP contribution in [0.2, 0.25) is 0 Å². The molecule has 402 valence electrons. The Bertz CT molecular complexity index is 1500. The van der Waals surface area contributed by atoms with Crippen LogP contribution < -0.4 is 0 Å². The molecule has 0 aliphatic carbocycles. The van der Waals surface area contributed by atoms with Crippen molar-refractivity contribution in [1.29, 1.82) is 0 Å². The third-order valence-electron chi connectivity index (χ3n) is 11.3. The molecule has 0 fully saturated rings. The second-order valence-electron chi connectivity index (χ2n) is 18.0. The third kappa shape index (κ3) is 49.6. The Labute approximate surface area is 426 Å². The van der Waals surface area contributed by atoms with Crippen LogP contribution in [0.3, 0.4) is 0 Å². The molecule has 0 bridgehead atoms. The van der Waals surface area contributed by atoms with E-state index in [9.17, 15) is 28.9 Å². The van der Waals surface area contributed by atoms with Crippen LogP contribution in [0, 0.1) is 0 Å². The van der Waals surface area contributed by atoms with E-state index in [1.807, 2.05) is 0 Å². The topological polar surface area (TPSA) is 155 Å². The van der Waals surface area contributed by atoms with E-state index >= 15 is 0 Å². The van der Waals surface area contributed by atoms with E-state index in [1.54, 1.807) is 0 Å². The summed E-state index contributed by atoms with van der Waals surface area (Å²) in [6.07, 6.45) is 58.3. The van der Waals surface area contributed by atoms with Gasteiger partial charge in [0.25, 0.3) is 0 Å². The highest BCUT2D eigenvalue weighted by Crippen LogP contribution is 2.43. The molecule has 0 saturated carbocycles. The third-order valence-corrected chi connectivity index (χ3v) is 12.2. The van der Waals surface area contributed by atoms with Gasteiger partial charge < -0.3 is 24.2 Å². The van der Waals surface area contributed by atoms with Crippen molar-refractivity contribution < 1.29 is 52.2 Å². The second-order valence-corrected chi connectivity index (χ2v) is 19.5. The van der Waals surface area contributed by atoms with Crippen LogP contribution in [0.15, 0.2) is 85.1 Å². The number of unbranched alkanes of at least 4 members (excludes halogenated alkanes) is 19.